The van der Waals surface area contributed by atoms with Crippen LogP contribution >= 0.6 is 23.5 Å². The summed E-state index contributed by atoms with van der Waals surface area (Å²) in [6.07, 6.45) is 3.60. The number of nitrogens with one attached hydrogen (secondary N) is 2. The van der Waals surface area contributed by atoms with Crippen molar-refractivity contribution in [3.63, 3.8) is 0 Å². The molecule has 0 saturated heterocycles. The molecular weight excluding hydrogens is 725 g/mol. The Hall–Kier alpha value is 0.300. The Morgan fingerprint density at radius 3 is 1.07 bits per heavy atom. The van der Waals surface area contributed by atoms with E-state index in [1.165, 1.54) is 24.3 Å². The highest BCUT2D eigenvalue weighted by Gasteiger charge is 2.21. The molecule has 0 atom stereocenters. The van der Waals surface area contributed by atoms with Gasteiger partial charge in [0.05, 0.1) is 66.1 Å². The van der Waals surface area contributed by atoms with E-state index in [4.69, 9.17) is 37.9 Å². The fourth-order valence-corrected chi connectivity index (χ4v) is 7.87. The van der Waals surface area contributed by atoms with Gasteiger partial charge in [0.25, 0.3) is 0 Å². The van der Waals surface area contributed by atoms with Crippen molar-refractivity contribution >= 4 is 23.5 Å². The molecule has 0 aromatic carbocycles. The van der Waals surface area contributed by atoms with Gasteiger partial charge < -0.3 is 48.5 Å². The summed E-state index contributed by atoms with van der Waals surface area (Å²) in [7, 11) is 10.4. The highest BCUT2D eigenvalue weighted by molar-refractivity contribution is 8.00. The molecule has 0 aliphatic heterocycles. The van der Waals surface area contributed by atoms with Crippen molar-refractivity contribution in [2.75, 3.05) is 158 Å². The molecule has 0 saturated carbocycles. The Morgan fingerprint density at radius 1 is 0.407 bits per heavy atom. The first kappa shape index (κ1) is 58.6. The number of hydrogen-bond acceptors (Lipinski definition) is 12. The van der Waals surface area contributed by atoms with Crippen LogP contribution in [-0.2, 0) is 37.9 Å². The van der Waals surface area contributed by atoms with Crippen LogP contribution in [-0.4, -0.2) is 158 Å². The summed E-state index contributed by atoms with van der Waals surface area (Å²) < 4.78 is 41.4. The van der Waals surface area contributed by atoms with Crippen molar-refractivity contribution < 1.29 is 37.9 Å². The van der Waals surface area contributed by atoms with Crippen LogP contribution in [0.15, 0.2) is 0 Å². The Kier molecular flexibility index (Phi) is 43.5. The zero-order valence-electron chi connectivity index (χ0n) is 38.2. The lowest BCUT2D eigenvalue weighted by molar-refractivity contribution is -0.00313. The van der Waals surface area contributed by atoms with E-state index in [-0.39, 0.29) is 0 Å². The van der Waals surface area contributed by atoms with Crippen LogP contribution in [0.1, 0.15) is 81.6 Å². The maximum absolute atomic E-state index is 5.60. The number of thioether (sulfide) groups is 2. The first-order valence-electron chi connectivity index (χ1n) is 20.1. The average molecular weight is 817 g/mol. The molecular formula is C42H92N2O8S2. The largest absolute Gasteiger partial charge is 0.384 e. The van der Waals surface area contributed by atoms with Gasteiger partial charge in [-0.3, -0.25) is 0 Å². The maximum atomic E-state index is 5.60. The van der Waals surface area contributed by atoms with E-state index in [2.05, 4.69) is 72.9 Å². The topological polar surface area (TPSA) is 97.9 Å². The molecule has 0 rings (SSSR count). The van der Waals surface area contributed by atoms with E-state index in [1.54, 1.807) is 42.7 Å². The number of rotatable bonds is 33. The third-order valence-corrected chi connectivity index (χ3v) is 10.0. The Labute approximate surface area is 344 Å². The molecule has 0 aromatic heterocycles. The minimum atomic E-state index is 0.292. The minimum Gasteiger partial charge on any atom is -0.384 e. The highest BCUT2D eigenvalue weighted by atomic mass is 32.2. The molecule has 0 heterocycles. The van der Waals surface area contributed by atoms with Gasteiger partial charge in [-0.2, -0.15) is 23.5 Å². The first-order valence-corrected chi connectivity index (χ1v) is 22.4. The summed E-state index contributed by atoms with van der Waals surface area (Å²) in [6, 6.07) is 0. The van der Waals surface area contributed by atoms with Gasteiger partial charge in [0, 0.05) is 73.2 Å². The van der Waals surface area contributed by atoms with E-state index in [1.807, 2.05) is 23.5 Å². The molecule has 0 aliphatic rings. The lowest BCUT2D eigenvalue weighted by Crippen LogP contribution is -2.36. The SMILES string of the molecule is COCCNCC(CNCCOC)CC(C)(C)C.COCCOCC(COCCOC)CC(C)(C)C.COCCSCC(CSCCOC)CC(C)(C)C. The van der Waals surface area contributed by atoms with Gasteiger partial charge in [-0.1, -0.05) is 62.3 Å². The second-order valence-electron chi connectivity index (χ2n) is 17.6. The van der Waals surface area contributed by atoms with Crippen LogP contribution in [0.25, 0.3) is 0 Å². The van der Waals surface area contributed by atoms with Crippen LogP contribution in [0.3, 0.4) is 0 Å². The van der Waals surface area contributed by atoms with Gasteiger partial charge in [-0.25, -0.2) is 0 Å². The monoisotopic (exact) mass is 817 g/mol. The van der Waals surface area contributed by atoms with Gasteiger partial charge >= 0.3 is 0 Å². The molecule has 0 aliphatic carbocycles. The fraction of sp³-hybridized carbons (Fsp3) is 1.00. The van der Waals surface area contributed by atoms with E-state index < -0.39 is 0 Å². The predicted molar refractivity (Wildman–Crippen MR) is 236 cm³/mol. The second-order valence-corrected chi connectivity index (χ2v) is 19.9. The van der Waals surface area contributed by atoms with Crippen molar-refractivity contribution in [2.45, 2.75) is 81.6 Å². The first-order chi connectivity index (χ1) is 25.5. The lowest BCUT2D eigenvalue weighted by atomic mass is 9.84. The van der Waals surface area contributed by atoms with Crippen molar-refractivity contribution in [2.24, 2.45) is 34.0 Å². The van der Waals surface area contributed by atoms with Crippen LogP contribution < -0.4 is 10.6 Å². The van der Waals surface area contributed by atoms with Crippen LogP contribution in [0, 0.1) is 34.0 Å². The van der Waals surface area contributed by atoms with Gasteiger partial charge in [-0.15, -0.1) is 0 Å². The molecule has 12 heteroatoms. The quantitative estimate of drug-likeness (QED) is 0.0637. The smallest absolute Gasteiger partial charge is 0.0700 e. The number of methoxy groups -OCH3 is 6. The van der Waals surface area contributed by atoms with Crippen LogP contribution in [0.4, 0.5) is 0 Å². The van der Waals surface area contributed by atoms with Crippen molar-refractivity contribution in [3.8, 4) is 0 Å². The standard InChI is InChI=1S/C14H32N2O2.C14H30O4.C14H30O2S2/c1-14(2,3)10-13(11-15-6-8-17-4)12-16-7-9-18-5;2*1-14(2,3)10-13(11-17-8-6-15-4)12-18-9-7-16-5/h13,15-16H,6-12H2,1-5H3;2*13H,6-12H2,1-5H3. The van der Waals surface area contributed by atoms with E-state index in [9.17, 15) is 0 Å². The molecule has 0 aromatic rings. The third kappa shape index (κ3) is 52.3. The van der Waals surface area contributed by atoms with Crippen molar-refractivity contribution in [1.29, 1.82) is 0 Å². The van der Waals surface area contributed by atoms with Crippen LogP contribution in [0.2, 0.25) is 0 Å². The zero-order chi connectivity index (χ0) is 41.6. The molecule has 0 amide bonds. The van der Waals surface area contributed by atoms with Gasteiger partial charge in [-0.05, 0) is 71.9 Å². The summed E-state index contributed by atoms with van der Waals surface area (Å²) in [5, 5.41) is 6.91. The summed E-state index contributed by atoms with van der Waals surface area (Å²) in [4.78, 5) is 0. The molecule has 0 spiro atoms. The maximum Gasteiger partial charge on any atom is 0.0700 e. The van der Waals surface area contributed by atoms with E-state index in [0.29, 0.717) is 54.5 Å². The normalized spacial score (nSPS) is 12.3. The number of ether oxygens (including phenoxy) is 8. The molecule has 0 bridgehead atoms. The van der Waals surface area contributed by atoms with Gasteiger partial charge in [0.2, 0.25) is 0 Å². The lowest BCUT2D eigenvalue weighted by Gasteiger charge is -2.26. The summed E-state index contributed by atoms with van der Waals surface area (Å²) >= 11 is 4.04. The second kappa shape index (κ2) is 40.1. The molecule has 0 unspecified atom stereocenters. The van der Waals surface area contributed by atoms with Crippen molar-refractivity contribution in [1.82, 2.24) is 10.6 Å². The molecule has 0 fully saturated rings. The molecule has 0 radical (unpaired) electrons. The average Bonchev–Trinajstić information content (AvgIpc) is 3.07. The molecule has 330 valence electrons. The van der Waals surface area contributed by atoms with E-state index >= 15 is 0 Å². The van der Waals surface area contributed by atoms with Gasteiger partial charge in [0.1, 0.15) is 0 Å². The Balaban J connectivity index is -0.000000722. The van der Waals surface area contributed by atoms with Crippen molar-refractivity contribution in [3.05, 3.63) is 0 Å². The molecule has 10 nitrogen and oxygen atoms in total. The fourth-order valence-electron chi connectivity index (χ4n) is 5.68. The summed E-state index contributed by atoms with van der Waals surface area (Å²) in [5.74, 6) is 6.60. The molecule has 2 N–H and O–H groups in total. The summed E-state index contributed by atoms with van der Waals surface area (Å²) in [6.45, 7) is 31.9. The van der Waals surface area contributed by atoms with Crippen LogP contribution in [0.5, 0.6) is 0 Å². The number of hydrogen-bond donors (Lipinski definition) is 2. The molecule has 54 heavy (non-hydrogen) atoms. The highest BCUT2D eigenvalue weighted by Crippen LogP contribution is 2.29. The van der Waals surface area contributed by atoms with E-state index in [0.717, 1.165) is 89.7 Å². The van der Waals surface area contributed by atoms with Gasteiger partial charge in [0.15, 0.2) is 0 Å². The zero-order valence-corrected chi connectivity index (χ0v) is 39.8. The minimum absolute atomic E-state index is 0.292. The Morgan fingerprint density at radius 2 is 0.741 bits per heavy atom. The third-order valence-electron chi connectivity index (χ3n) is 7.68. The summed E-state index contributed by atoms with van der Waals surface area (Å²) in [5.41, 5.74) is 1.09. The Bertz CT molecular complexity index is 605. The predicted octanol–water partition coefficient (Wildman–Crippen LogP) is 7.67.